The van der Waals surface area contributed by atoms with Crippen molar-refractivity contribution in [2.24, 2.45) is 0 Å². The molecule has 0 aliphatic carbocycles. The number of rotatable bonds is 20. The summed E-state index contributed by atoms with van der Waals surface area (Å²) in [6.07, 6.45) is 2.06. The van der Waals surface area contributed by atoms with E-state index >= 15 is 0 Å². The van der Waals surface area contributed by atoms with Crippen molar-refractivity contribution in [3.8, 4) is 0 Å². The maximum absolute atomic E-state index is 13.6. The Kier molecular flexibility index (Phi) is 17.3. The quantitative estimate of drug-likeness (QED) is 0.136. The lowest BCUT2D eigenvalue weighted by atomic mass is 10.0. The van der Waals surface area contributed by atoms with Gasteiger partial charge in [0.2, 0.25) is 17.7 Å². The molecule has 0 spiro atoms. The Morgan fingerprint density at radius 3 is 1.50 bits per heavy atom. The third kappa shape index (κ3) is 13.2. The minimum atomic E-state index is -0.670. The van der Waals surface area contributed by atoms with E-state index in [1.165, 1.54) is 6.07 Å². The van der Waals surface area contributed by atoms with Crippen molar-refractivity contribution in [3.63, 3.8) is 0 Å². The maximum Gasteiger partial charge on any atom is 0.254 e. The van der Waals surface area contributed by atoms with Crippen LogP contribution < -0.4 is 16.0 Å². The molecule has 5 N–H and O–H groups in total. The normalized spacial score (nSPS) is 10.5. The zero-order valence-electron chi connectivity index (χ0n) is 24.9. The Morgan fingerprint density at radius 2 is 1.10 bits per heavy atom. The molecule has 0 heterocycles. The molecule has 1 aromatic carbocycles. The Hall–Kier alpha value is -3.84. The lowest BCUT2D eigenvalue weighted by molar-refractivity contribution is -0.125. The fourth-order valence-corrected chi connectivity index (χ4v) is 3.89. The summed E-state index contributed by atoms with van der Waals surface area (Å²) < 4.78 is 0. The Labute approximate surface area is 247 Å². The summed E-state index contributed by atoms with van der Waals surface area (Å²) in [6.45, 7) is 4.26. The van der Waals surface area contributed by atoms with Gasteiger partial charge >= 0.3 is 0 Å². The van der Waals surface area contributed by atoms with Crippen LogP contribution >= 0.6 is 0 Å². The third-order valence-corrected chi connectivity index (χ3v) is 6.03. The molecule has 0 aliphatic heterocycles. The van der Waals surface area contributed by atoms with Gasteiger partial charge in [-0.25, -0.2) is 0 Å². The van der Waals surface area contributed by atoms with Gasteiger partial charge < -0.3 is 36.0 Å². The van der Waals surface area contributed by atoms with Gasteiger partial charge in [-0.1, -0.05) is 20.8 Å². The van der Waals surface area contributed by atoms with Crippen LogP contribution in [0.2, 0.25) is 0 Å². The molecule has 0 saturated heterocycles. The second-order valence-electron chi connectivity index (χ2n) is 9.73. The summed E-state index contributed by atoms with van der Waals surface area (Å²) in [5.74, 6) is -3.13. The highest BCUT2D eigenvalue weighted by Gasteiger charge is 2.26. The molecule has 5 amide bonds. The molecule has 13 nitrogen and oxygen atoms in total. The number of benzene rings is 1. The van der Waals surface area contributed by atoms with Gasteiger partial charge in [0, 0.05) is 43.8 Å². The molecule has 0 saturated carbocycles. The van der Waals surface area contributed by atoms with Gasteiger partial charge in [0.25, 0.3) is 11.8 Å². The van der Waals surface area contributed by atoms with Crippen LogP contribution in [-0.2, 0) is 25.6 Å². The summed E-state index contributed by atoms with van der Waals surface area (Å²) in [5.41, 5.74) is 0.736. The van der Waals surface area contributed by atoms with Crippen molar-refractivity contribution < 1.29 is 39.0 Å². The van der Waals surface area contributed by atoms with Crippen LogP contribution in [0.5, 0.6) is 0 Å². The molecule has 0 radical (unpaired) electrons. The number of aliphatic hydroxyl groups is 2. The maximum atomic E-state index is 13.6. The average Bonchev–Trinajstić information content (AvgIpc) is 2.98. The molecule has 1 rings (SSSR count). The number of aryl methyl sites for hydroxylation is 1. The molecule has 0 fully saturated rings. The van der Waals surface area contributed by atoms with Crippen molar-refractivity contribution in [1.29, 1.82) is 0 Å². The number of Topliss-reactive ketones (excluding diaryl/α,β-unsaturated/α-hetero) is 1. The summed E-state index contributed by atoms with van der Waals surface area (Å²) in [7, 11) is 0. The molecule has 1 aromatic rings. The second kappa shape index (κ2) is 20.1. The van der Waals surface area contributed by atoms with Gasteiger partial charge in [0.15, 0.2) is 5.78 Å². The predicted molar refractivity (Wildman–Crippen MR) is 156 cm³/mol. The topological polar surface area (TPSA) is 185 Å². The van der Waals surface area contributed by atoms with Gasteiger partial charge in [-0.3, -0.25) is 28.8 Å². The van der Waals surface area contributed by atoms with Crippen molar-refractivity contribution in [2.45, 2.75) is 52.9 Å². The number of hydrogen-bond acceptors (Lipinski definition) is 8. The number of carbonyl (C=O) groups excluding carboxylic acids is 6. The first kappa shape index (κ1) is 36.2. The first-order valence-electron chi connectivity index (χ1n) is 14.4. The van der Waals surface area contributed by atoms with Crippen molar-refractivity contribution >= 4 is 35.3 Å². The lowest BCUT2D eigenvalue weighted by Crippen LogP contribution is -2.46. The first-order valence-corrected chi connectivity index (χ1v) is 14.4. The summed E-state index contributed by atoms with van der Waals surface area (Å²) in [6, 6.07) is 4.45. The highest BCUT2D eigenvalue weighted by atomic mass is 16.3. The van der Waals surface area contributed by atoms with Gasteiger partial charge in [0.05, 0.1) is 13.2 Å². The van der Waals surface area contributed by atoms with Crippen LogP contribution in [0.15, 0.2) is 18.2 Å². The molecule has 0 unspecified atom stereocenters. The smallest absolute Gasteiger partial charge is 0.254 e. The zero-order chi connectivity index (χ0) is 31.5. The SMILES string of the molecule is CCCNC(=O)CN(CC(=O)CCCO)C(=O)c1cc(CC)cc(C(=O)N(CC(=O)NCCC)CC(=O)NCCO)c1. The van der Waals surface area contributed by atoms with E-state index in [1.54, 1.807) is 12.1 Å². The van der Waals surface area contributed by atoms with E-state index in [9.17, 15) is 28.8 Å². The van der Waals surface area contributed by atoms with E-state index in [0.29, 0.717) is 37.9 Å². The first-order chi connectivity index (χ1) is 20.1. The van der Waals surface area contributed by atoms with Gasteiger partial charge in [-0.05, 0) is 49.4 Å². The number of hydrogen-bond donors (Lipinski definition) is 5. The molecule has 13 heteroatoms. The Balaban J connectivity index is 3.40. The fourth-order valence-electron chi connectivity index (χ4n) is 3.89. The predicted octanol–water partition coefficient (Wildman–Crippen LogP) is -0.364. The largest absolute Gasteiger partial charge is 0.396 e. The van der Waals surface area contributed by atoms with Crippen molar-refractivity contribution in [2.75, 3.05) is 59.0 Å². The van der Waals surface area contributed by atoms with Crippen LogP contribution in [0.25, 0.3) is 0 Å². The second-order valence-corrected chi connectivity index (χ2v) is 9.73. The minimum absolute atomic E-state index is 0.0223. The number of ketones is 1. The molecule has 0 bridgehead atoms. The summed E-state index contributed by atoms with van der Waals surface area (Å²) >= 11 is 0. The van der Waals surface area contributed by atoms with Crippen LogP contribution in [-0.4, -0.2) is 114 Å². The van der Waals surface area contributed by atoms with E-state index in [-0.39, 0.29) is 62.6 Å². The van der Waals surface area contributed by atoms with Crippen molar-refractivity contribution in [3.05, 3.63) is 34.9 Å². The highest BCUT2D eigenvalue weighted by Crippen LogP contribution is 2.16. The van der Waals surface area contributed by atoms with Gasteiger partial charge in [-0.2, -0.15) is 0 Å². The molecule has 0 aromatic heterocycles. The zero-order valence-corrected chi connectivity index (χ0v) is 24.9. The van der Waals surface area contributed by atoms with E-state index in [2.05, 4.69) is 16.0 Å². The molecular weight excluding hydrogens is 546 g/mol. The molecule has 0 atom stereocenters. The summed E-state index contributed by atoms with van der Waals surface area (Å²) in [4.78, 5) is 79.2. The fraction of sp³-hybridized carbons (Fsp3) is 0.586. The monoisotopic (exact) mass is 591 g/mol. The molecule has 42 heavy (non-hydrogen) atoms. The average molecular weight is 592 g/mol. The van der Waals surface area contributed by atoms with E-state index in [1.807, 2.05) is 20.8 Å². The van der Waals surface area contributed by atoms with E-state index < -0.39 is 42.6 Å². The van der Waals surface area contributed by atoms with Crippen LogP contribution in [0.1, 0.15) is 72.7 Å². The van der Waals surface area contributed by atoms with Crippen LogP contribution in [0, 0.1) is 0 Å². The van der Waals surface area contributed by atoms with Crippen LogP contribution in [0.3, 0.4) is 0 Å². The van der Waals surface area contributed by atoms with E-state index in [0.717, 1.165) is 9.80 Å². The standard InChI is InChI=1S/C29H45N5O8/c1-4-9-30-25(38)18-33(17-24(37)8-7-12-35)28(41)22-14-21(6-3)15-23(16-22)29(42)34(19-26(39)31-10-5-2)20-27(40)32-11-13-36/h14-16,35-36H,4-13,17-20H2,1-3H3,(H,30,38)(H,31,39)(H,32,40). The summed E-state index contributed by atoms with van der Waals surface area (Å²) in [5, 5.41) is 25.9. The van der Waals surface area contributed by atoms with Gasteiger partial charge in [0.1, 0.15) is 19.6 Å². The lowest BCUT2D eigenvalue weighted by Gasteiger charge is -2.24. The number of amides is 5. The number of nitrogens with zero attached hydrogens (tertiary/aromatic N) is 2. The molecule has 0 aliphatic rings. The molecular formula is C29H45N5O8. The van der Waals surface area contributed by atoms with E-state index in [4.69, 9.17) is 10.2 Å². The number of aliphatic hydroxyl groups excluding tert-OH is 2. The Morgan fingerprint density at radius 1 is 0.643 bits per heavy atom. The molecule has 234 valence electrons. The minimum Gasteiger partial charge on any atom is -0.396 e. The van der Waals surface area contributed by atoms with Gasteiger partial charge in [-0.15, -0.1) is 0 Å². The van der Waals surface area contributed by atoms with Crippen LogP contribution in [0.4, 0.5) is 0 Å². The number of carbonyl (C=O) groups is 6. The van der Waals surface area contributed by atoms with Crippen molar-refractivity contribution in [1.82, 2.24) is 25.8 Å². The third-order valence-electron chi connectivity index (χ3n) is 6.03. The highest BCUT2D eigenvalue weighted by molar-refractivity contribution is 6.03. The Bertz CT molecular complexity index is 956. The number of nitrogens with one attached hydrogen (secondary N) is 3.